The Morgan fingerprint density at radius 1 is 1.13 bits per heavy atom. The summed E-state index contributed by atoms with van der Waals surface area (Å²) in [6.07, 6.45) is 3.59. The van der Waals surface area contributed by atoms with Crippen molar-refractivity contribution in [3.63, 3.8) is 0 Å². The minimum Gasteiger partial charge on any atom is -0.465 e. The van der Waals surface area contributed by atoms with Gasteiger partial charge in [0.2, 0.25) is 0 Å². The molecule has 2 aromatic heterocycles. The van der Waals surface area contributed by atoms with E-state index < -0.39 is 8.07 Å². The van der Waals surface area contributed by atoms with Crippen molar-refractivity contribution in [3.8, 4) is 0 Å². The number of carbonyl (C=O) groups is 1. The molecule has 0 radical (unpaired) electrons. The molecule has 1 N–H and O–H groups in total. The predicted molar refractivity (Wildman–Crippen MR) is 98.1 cm³/mol. The minimum atomic E-state index is -2.02. The maximum absolute atomic E-state index is 12.5. The molecule has 0 amide bonds. The second kappa shape index (κ2) is 6.47. The Hall–Kier alpha value is -1.62. The number of ether oxygens (including phenoxy) is 1. The largest absolute Gasteiger partial charge is 0.465 e. The number of fused-ring (bicyclic) bond motifs is 1. The number of nitrogens with zero attached hydrogens (tertiary/aromatic N) is 1. The molecule has 0 atom stereocenters. The van der Waals surface area contributed by atoms with Gasteiger partial charge in [0.25, 0.3) is 0 Å². The van der Waals surface area contributed by atoms with Crippen LogP contribution in [0.5, 0.6) is 0 Å². The monoisotopic (exact) mass is 332 g/mol. The summed E-state index contributed by atoms with van der Waals surface area (Å²) in [6, 6.07) is 2.05. The first-order valence-corrected chi connectivity index (χ1v) is 10.6. The van der Waals surface area contributed by atoms with E-state index in [1.54, 1.807) is 6.20 Å². The van der Waals surface area contributed by atoms with Crippen LogP contribution in [0.2, 0.25) is 16.6 Å². The molecule has 0 aliphatic carbocycles. The van der Waals surface area contributed by atoms with Gasteiger partial charge in [-0.25, -0.2) is 9.78 Å². The SMILES string of the molecule is COC(=O)c1cnc2[nH]ccc2c1[Si](C(C)C)(C(C)C)C(C)C. The molecule has 2 aromatic rings. The van der Waals surface area contributed by atoms with Crippen LogP contribution in [0.25, 0.3) is 11.0 Å². The fourth-order valence-electron chi connectivity index (χ4n) is 4.61. The van der Waals surface area contributed by atoms with Crippen LogP contribution in [0.3, 0.4) is 0 Å². The van der Waals surface area contributed by atoms with Crippen molar-refractivity contribution in [2.45, 2.75) is 58.2 Å². The van der Waals surface area contributed by atoms with Crippen molar-refractivity contribution >= 4 is 30.3 Å². The molecule has 0 aromatic carbocycles. The first kappa shape index (κ1) is 17.7. The molecule has 0 aliphatic heterocycles. The molecule has 5 heteroatoms. The first-order valence-electron chi connectivity index (χ1n) is 8.33. The van der Waals surface area contributed by atoms with Crippen LogP contribution in [0, 0.1) is 0 Å². The van der Waals surface area contributed by atoms with Gasteiger partial charge in [0.1, 0.15) is 5.65 Å². The maximum Gasteiger partial charge on any atom is 0.339 e. The molecule has 0 aliphatic rings. The molecule has 2 heterocycles. The highest BCUT2D eigenvalue weighted by molar-refractivity contribution is 6.97. The van der Waals surface area contributed by atoms with E-state index >= 15 is 0 Å². The van der Waals surface area contributed by atoms with Gasteiger partial charge >= 0.3 is 5.97 Å². The third kappa shape index (κ3) is 2.61. The summed E-state index contributed by atoms with van der Waals surface area (Å²) in [5.74, 6) is -0.283. The number of hydrogen-bond acceptors (Lipinski definition) is 3. The fraction of sp³-hybridized carbons (Fsp3) is 0.556. The highest BCUT2D eigenvalue weighted by Crippen LogP contribution is 2.42. The Balaban J connectivity index is 2.96. The van der Waals surface area contributed by atoms with E-state index in [1.165, 1.54) is 12.3 Å². The Morgan fingerprint density at radius 2 is 1.70 bits per heavy atom. The molecule has 23 heavy (non-hydrogen) atoms. The zero-order chi connectivity index (χ0) is 17.4. The number of aromatic amines is 1. The number of nitrogens with one attached hydrogen (secondary N) is 1. The average Bonchev–Trinajstić information content (AvgIpc) is 2.94. The van der Waals surface area contributed by atoms with E-state index in [4.69, 9.17) is 4.74 Å². The van der Waals surface area contributed by atoms with Crippen molar-refractivity contribution in [2.75, 3.05) is 7.11 Å². The topological polar surface area (TPSA) is 55.0 Å². The number of aromatic nitrogens is 2. The van der Waals surface area contributed by atoms with E-state index in [1.807, 2.05) is 6.20 Å². The summed E-state index contributed by atoms with van der Waals surface area (Å²) in [5, 5.41) is 2.28. The Bertz CT molecular complexity index is 682. The van der Waals surface area contributed by atoms with Crippen molar-refractivity contribution in [1.82, 2.24) is 9.97 Å². The highest BCUT2D eigenvalue weighted by atomic mass is 28.3. The Labute approximate surface area is 139 Å². The van der Waals surface area contributed by atoms with Gasteiger partial charge in [0.05, 0.1) is 20.7 Å². The normalized spacial score (nSPS) is 12.6. The van der Waals surface area contributed by atoms with Gasteiger partial charge in [-0.05, 0) is 27.9 Å². The predicted octanol–water partition coefficient (Wildman–Crippen LogP) is 4.24. The lowest BCUT2D eigenvalue weighted by atomic mass is 10.2. The van der Waals surface area contributed by atoms with Gasteiger partial charge in [0, 0.05) is 17.8 Å². The summed E-state index contributed by atoms with van der Waals surface area (Å²) in [7, 11) is -0.575. The lowest BCUT2D eigenvalue weighted by molar-refractivity contribution is 0.0602. The summed E-state index contributed by atoms with van der Waals surface area (Å²) in [4.78, 5) is 20.1. The average molecular weight is 333 g/mol. The van der Waals surface area contributed by atoms with Crippen molar-refractivity contribution in [1.29, 1.82) is 0 Å². The zero-order valence-corrected chi connectivity index (χ0v) is 16.2. The number of pyridine rings is 1. The van der Waals surface area contributed by atoms with Gasteiger partial charge in [-0.2, -0.15) is 0 Å². The number of esters is 1. The maximum atomic E-state index is 12.5. The van der Waals surface area contributed by atoms with Crippen LogP contribution in [-0.2, 0) is 4.74 Å². The van der Waals surface area contributed by atoms with Crippen LogP contribution in [0.15, 0.2) is 18.5 Å². The van der Waals surface area contributed by atoms with E-state index in [0.717, 1.165) is 11.0 Å². The molecule has 4 nitrogen and oxygen atoms in total. The molecule has 0 bridgehead atoms. The number of rotatable bonds is 5. The Kier molecular flexibility index (Phi) is 4.99. The van der Waals surface area contributed by atoms with E-state index in [0.29, 0.717) is 22.2 Å². The summed E-state index contributed by atoms with van der Waals surface area (Å²) < 4.78 is 5.07. The van der Waals surface area contributed by atoms with Gasteiger partial charge in [-0.15, -0.1) is 0 Å². The van der Waals surface area contributed by atoms with Crippen LogP contribution in [-0.4, -0.2) is 31.1 Å². The second-order valence-electron chi connectivity index (χ2n) is 7.18. The van der Waals surface area contributed by atoms with Crippen LogP contribution in [0.4, 0.5) is 0 Å². The van der Waals surface area contributed by atoms with Crippen molar-refractivity contribution < 1.29 is 9.53 Å². The number of H-pyrrole nitrogens is 1. The molecule has 0 saturated carbocycles. The van der Waals surface area contributed by atoms with Crippen molar-refractivity contribution in [2.24, 2.45) is 0 Å². The van der Waals surface area contributed by atoms with E-state index in [-0.39, 0.29) is 5.97 Å². The molecule has 0 unspecified atom stereocenters. The van der Waals surface area contributed by atoms with Gasteiger partial charge in [-0.3, -0.25) is 0 Å². The quantitative estimate of drug-likeness (QED) is 0.658. The lowest BCUT2D eigenvalue weighted by Gasteiger charge is -2.44. The summed E-state index contributed by atoms with van der Waals surface area (Å²) in [6.45, 7) is 13.8. The van der Waals surface area contributed by atoms with Crippen LogP contribution >= 0.6 is 0 Å². The minimum absolute atomic E-state index is 0.283. The van der Waals surface area contributed by atoms with Crippen LogP contribution < -0.4 is 5.19 Å². The number of hydrogen-bond donors (Lipinski definition) is 1. The highest BCUT2D eigenvalue weighted by Gasteiger charge is 2.47. The molecular weight excluding hydrogens is 304 g/mol. The molecular formula is C18H28N2O2Si. The number of carbonyl (C=O) groups excluding carboxylic acids is 1. The van der Waals surface area contributed by atoms with Crippen molar-refractivity contribution in [3.05, 3.63) is 24.0 Å². The van der Waals surface area contributed by atoms with Crippen LogP contribution in [0.1, 0.15) is 51.9 Å². The molecule has 0 spiro atoms. The second-order valence-corrected chi connectivity index (χ2v) is 13.0. The van der Waals surface area contributed by atoms with Gasteiger partial charge in [0.15, 0.2) is 0 Å². The third-order valence-electron chi connectivity index (χ3n) is 5.29. The van der Waals surface area contributed by atoms with Gasteiger partial charge in [-0.1, -0.05) is 41.5 Å². The lowest BCUT2D eigenvalue weighted by Crippen LogP contribution is -2.57. The molecule has 2 rings (SSSR count). The van der Waals surface area contributed by atoms with Gasteiger partial charge < -0.3 is 9.72 Å². The fourth-order valence-corrected chi connectivity index (χ4v) is 11.6. The Morgan fingerprint density at radius 3 is 2.17 bits per heavy atom. The first-order chi connectivity index (χ1) is 10.8. The van der Waals surface area contributed by atoms with E-state index in [9.17, 15) is 4.79 Å². The summed E-state index contributed by atoms with van der Waals surface area (Å²) in [5.41, 5.74) is 3.01. The number of methoxy groups -OCH3 is 1. The van der Waals surface area contributed by atoms with E-state index in [2.05, 4.69) is 57.6 Å². The standard InChI is InChI=1S/C18H28N2O2Si/c1-11(2)23(12(3)4,13(5)6)16-14-8-9-19-17(14)20-10-15(16)18(21)22-7/h8-13H,1-7H3,(H,19,20). The summed E-state index contributed by atoms with van der Waals surface area (Å²) >= 11 is 0. The molecule has 126 valence electrons. The third-order valence-corrected chi connectivity index (χ3v) is 12.4. The smallest absolute Gasteiger partial charge is 0.339 e. The molecule has 0 saturated heterocycles. The molecule has 0 fully saturated rings. The zero-order valence-electron chi connectivity index (χ0n) is 15.2.